The van der Waals surface area contributed by atoms with Gasteiger partial charge in [0.15, 0.2) is 5.70 Å². The molecule has 0 saturated heterocycles. The third-order valence-corrected chi connectivity index (χ3v) is 4.57. The quantitative estimate of drug-likeness (QED) is 0.492. The van der Waals surface area contributed by atoms with Gasteiger partial charge in [-0.25, -0.2) is 9.79 Å². The molecule has 0 radical (unpaired) electrons. The van der Waals surface area contributed by atoms with Crippen molar-refractivity contribution in [1.82, 2.24) is 0 Å². The second-order valence-electron chi connectivity index (χ2n) is 6.77. The fourth-order valence-corrected chi connectivity index (χ4v) is 3.00. The molecule has 0 atom stereocenters. The van der Waals surface area contributed by atoms with Crippen molar-refractivity contribution in [3.05, 3.63) is 95.7 Å². The van der Waals surface area contributed by atoms with Gasteiger partial charge in [-0.2, -0.15) is 0 Å². The number of anilines is 1. The Balaban J connectivity index is 1.57. The third kappa shape index (κ3) is 3.71. The van der Waals surface area contributed by atoms with Crippen LogP contribution in [0.3, 0.4) is 0 Å². The molecule has 0 spiro atoms. The van der Waals surface area contributed by atoms with Crippen molar-refractivity contribution >= 4 is 23.6 Å². The Bertz CT molecular complexity index is 1050. The number of esters is 1. The summed E-state index contributed by atoms with van der Waals surface area (Å²) in [5.74, 6) is -0.0976. The van der Waals surface area contributed by atoms with Crippen LogP contribution in [0.5, 0.6) is 0 Å². The molecule has 3 aromatic rings. The lowest BCUT2D eigenvalue weighted by atomic mass is 10.0. The van der Waals surface area contributed by atoms with Gasteiger partial charge in [0, 0.05) is 25.3 Å². The molecule has 4 nitrogen and oxygen atoms in total. The van der Waals surface area contributed by atoms with Crippen molar-refractivity contribution in [2.75, 3.05) is 19.0 Å². The number of carbonyl (C=O) groups excluding carboxylic acids is 1. The van der Waals surface area contributed by atoms with E-state index in [0.29, 0.717) is 11.6 Å². The van der Waals surface area contributed by atoms with E-state index in [4.69, 9.17) is 4.74 Å². The summed E-state index contributed by atoms with van der Waals surface area (Å²) in [5.41, 5.74) is 5.33. The van der Waals surface area contributed by atoms with E-state index in [-0.39, 0.29) is 0 Å². The average Bonchev–Trinajstić information content (AvgIpc) is 3.09. The predicted octanol–water partition coefficient (Wildman–Crippen LogP) is 4.76. The van der Waals surface area contributed by atoms with E-state index in [1.54, 1.807) is 6.08 Å². The first kappa shape index (κ1) is 17.7. The van der Waals surface area contributed by atoms with Crippen molar-refractivity contribution < 1.29 is 9.53 Å². The molecule has 138 valence electrons. The van der Waals surface area contributed by atoms with Crippen LogP contribution in [0.25, 0.3) is 17.2 Å². The molecule has 0 unspecified atom stereocenters. The van der Waals surface area contributed by atoms with Gasteiger partial charge >= 0.3 is 5.97 Å². The number of rotatable bonds is 4. The largest absolute Gasteiger partial charge is 0.402 e. The van der Waals surface area contributed by atoms with E-state index in [1.165, 1.54) is 0 Å². The lowest BCUT2D eigenvalue weighted by Crippen LogP contribution is -2.08. The Hall–Kier alpha value is -3.66. The molecule has 1 heterocycles. The fourth-order valence-electron chi connectivity index (χ4n) is 3.00. The molecular weight excluding hydrogens is 348 g/mol. The van der Waals surface area contributed by atoms with E-state index in [9.17, 15) is 4.79 Å². The van der Waals surface area contributed by atoms with E-state index in [1.807, 2.05) is 85.7 Å². The number of aliphatic imine (C=N–C) groups is 1. The number of ether oxygens (including phenoxy) is 1. The lowest BCUT2D eigenvalue weighted by Gasteiger charge is -2.11. The zero-order valence-corrected chi connectivity index (χ0v) is 15.8. The molecule has 0 saturated carbocycles. The second kappa shape index (κ2) is 7.53. The first-order valence-corrected chi connectivity index (χ1v) is 9.06. The van der Waals surface area contributed by atoms with Crippen molar-refractivity contribution in [2.45, 2.75) is 0 Å². The fraction of sp³-hybridized carbons (Fsp3) is 0.0833. The maximum absolute atomic E-state index is 12.2. The Kier molecular flexibility index (Phi) is 4.77. The van der Waals surface area contributed by atoms with Crippen LogP contribution in [-0.4, -0.2) is 26.0 Å². The Morgan fingerprint density at radius 3 is 2.04 bits per heavy atom. The van der Waals surface area contributed by atoms with Crippen LogP contribution in [0.1, 0.15) is 11.1 Å². The maximum Gasteiger partial charge on any atom is 0.363 e. The summed E-state index contributed by atoms with van der Waals surface area (Å²) in [6, 6.07) is 25.9. The molecule has 28 heavy (non-hydrogen) atoms. The lowest BCUT2D eigenvalue weighted by molar-refractivity contribution is -0.129. The zero-order chi connectivity index (χ0) is 19.5. The molecule has 0 fully saturated rings. The highest BCUT2D eigenvalue weighted by molar-refractivity contribution is 6.13. The van der Waals surface area contributed by atoms with Crippen molar-refractivity contribution in [3.8, 4) is 11.1 Å². The van der Waals surface area contributed by atoms with E-state index < -0.39 is 5.97 Å². The van der Waals surface area contributed by atoms with Crippen LogP contribution in [0.15, 0.2) is 89.6 Å². The van der Waals surface area contributed by atoms with Gasteiger partial charge in [-0.05, 0) is 47.0 Å². The molecule has 4 heteroatoms. The van der Waals surface area contributed by atoms with Gasteiger partial charge < -0.3 is 9.64 Å². The molecular formula is C24H20N2O2. The Morgan fingerprint density at radius 1 is 0.786 bits per heavy atom. The Morgan fingerprint density at radius 2 is 1.39 bits per heavy atom. The van der Waals surface area contributed by atoms with Crippen molar-refractivity contribution in [3.63, 3.8) is 0 Å². The summed E-state index contributed by atoms with van der Waals surface area (Å²) < 4.78 is 5.37. The van der Waals surface area contributed by atoms with Crippen LogP contribution in [0.2, 0.25) is 0 Å². The van der Waals surface area contributed by atoms with Crippen molar-refractivity contribution in [2.24, 2.45) is 4.99 Å². The van der Waals surface area contributed by atoms with Gasteiger partial charge in [-0.3, -0.25) is 0 Å². The smallest absolute Gasteiger partial charge is 0.363 e. The van der Waals surface area contributed by atoms with Gasteiger partial charge in [0.2, 0.25) is 5.90 Å². The van der Waals surface area contributed by atoms with Crippen LogP contribution < -0.4 is 4.90 Å². The molecule has 0 bridgehead atoms. The number of carbonyl (C=O) groups is 1. The van der Waals surface area contributed by atoms with Gasteiger partial charge in [-0.1, -0.05) is 54.6 Å². The van der Waals surface area contributed by atoms with Crippen molar-refractivity contribution in [1.29, 1.82) is 0 Å². The first-order chi connectivity index (χ1) is 13.6. The average molecular weight is 368 g/mol. The van der Waals surface area contributed by atoms with Crippen LogP contribution in [-0.2, 0) is 9.53 Å². The summed E-state index contributed by atoms with van der Waals surface area (Å²) in [5, 5.41) is 0. The van der Waals surface area contributed by atoms with Crippen LogP contribution >= 0.6 is 0 Å². The molecule has 1 aliphatic rings. The van der Waals surface area contributed by atoms with Gasteiger partial charge in [-0.15, -0.1) is 0 Å². The van der Waals surface area contributed by atoms with Crippen LogP contribution in [0.4, 0.5) is 5.69 Å². The maximum atomic E-state index is 12.2. The monoisotopic (exact) mass is 368 g/mol. The summed E-state index contributed by atoms with van der Waals surface area (Å²) >= 11 is 0. The number of hydrogen-bond acceptors (Lipinski definition) is 4. The minimum atomic E-state index is -0.432. The SMILES string of the molecule is CN(C)c1ccc(/C=C2\N=C(c3ccc(-c4ccccc4)cc3)OC2=O)cc1. The number of cyclic esters (lactones) is 1. The standard InChI is InChI=1S/C24H20N2O2/c1-26(2)21-14-8-17(9-15-21)16-22-24(27)28-23(25-22)20-12-10-19(11-13-20)18-6-4-3-5-7-18/h3-16H,1-2H3/b22-16-. The minimum Gasteiger partial charge on any atom is -0.402 e. The summed E-state index contributed by atoms with van der Waals surface area (Å²) in [6.07, 6.45) is 1.74. The molecule has 3 aromatic carbocycles. The minimum absolute atomic E-state index is 0.305. The molecule has 0 aromatic heterocycles. The molecule has 1 aliphatic heterocycles. The van der Waals surface area contributed by atoms with E-state index in [0.717, 1.165) is 27.9 Å². The zero-order valence-electron chi connectivity index (χ0n) is 15.8. The van der Waals surface area contributed by atoms with E-state index in [2.05, 4.69) is 17.1 Å². The van der Waals surface area contributed by atoms with E-state index >= 15 is 0 Å². The van der Waals surface area contributed by atoms with Gasteiger partial charge in [0.25, 0.3) is 0 Å². The predicted molar refractivity (Wildman–Crippen MR) is 113 cm³/mol. The van der Waals surface area contributed by atoms with Gasteiger partial charge in [0.1, 0.15) is 0 Å². The number of benzene rings is 3. The number of nitrogens with zero attached hydrogens (tertiary/aromatic N) is 2. The highest BCUT2D eigenvalue weighted by Gasteiger charge is 2.24. The second-order valence-corrected chi connectivity index (χ2v) is 6.77. The summed E-state index contributed by atoms with van der Waals surface area (Å²) in [4.78, 5) is 18.6. The number of hydrogen-bond donors (Lipinski definition) is 0. The summed E-state index contributed by atoms with van der Waals surface area (Å²) in [7, 11) is 3.98. The Labute approximate surface area is 164 Å². The molecule has 0 aliphatic carbocycles. The topological polar surface area (TPSA) is 41.9 Å². The normalized spacial score (nSPS) is 14.7. The summed E-state index contributed by atoms with van der Waals surface area (Å²) in [6.45, 7) is 0. The van der Waals surface area contributed by atoms with Crippen LogP contribution in [0, 0.1) is 0 Å². The highest BCUT2D eigenvalue weighted by Crippen LogP contribution is 2.23. The molecule has 4 rings (SSSR count). The molecule has 0 amide bonds. The molecule has 0 N–H and O–H groups in total. The van der Waals surface area contributed by atoms with Gasteiger partial charge in [0.05, 0.1) is 0 Å². The first-order valence-electron chi connectivity index (χ1n) is 9.06. The highest BCUT2D eigenvalue weighted by atomic mass is 16.6. The third-order valence-electron chi connectivity index (χ3n) is 4.57.